The van der Waals surface area contributed by atoms with Crippen molar-refractivity contribution in [1.29, 1.82) is 0 Å². The lowest BCUT2D eigenvalue weighted by molar-refractivity contribution is 0.592. The second kappa shape index (κ2) is 5.87. The molecule has 0 spiro atoms. The predicted molar refractivity (Wildman–Crippen MR) is 84.7 cm³/mol. The smallest absolute Gasteiger partial charge is 0.167 e. The molecule has 0 amide bonds. The Bertz CT molecular complexity index is 721. The van der Waals surface area contributed by atoms with Gasteiger partial charge in [0.1, 0.15) is 5.82 Å². The molecule has 108 valence electrons. The van der Waals surface area contributed by atoms with Crippen LogP contribution in [0.25, 0.3) is 11.0 Å². The molecular weight excluding hydrogens is 285 g/mol. The van der Waals surface area contributed by atoms with Crippen molar-refractivity contribution in [2.45, 2.75) is 23.4 Å². The summed E-state index contributed by atoms with van der Waals surface area (Å²) in [6, 6.07) is 14.4. The van der Waals surface area contributed by atoms with E-state index in [1.165, 1.54) is 17.8 Å². The first-order valence-electron chi connectivity index (χ1n) is 6.76. The lowest BCUT2D eigenvalue weighted by atomic mass is 10.1. The summed E-state index contributed by atoms with van der Waals surface area (Å²) in [7, 11) is 0. The molecule has 3 N–H and O–H groups in total. The predicted octanol–water partition coefficient (Wildman–Crippen LogP) is 3.88. The van der Waals surface area contributed by atoms with E-state index in [2.05, 4.69) is 9.97 Å². The fourth-order valence-corrected chi connectivity index (χ4v) is 3.36. The summed E-state index contributed by atoms with van der Waals surface area (Å²) < 4.78 is 14.0. The van der Waals surface area contributed by atoms with E-state index in [0.717, 1.165) is 16.2 Å². The first kappa shape index (κ1) is 14.1. The molecule has 3 aromatic rings. The van der Waals surface area contributed by atoms with Crippen LogP contribution in [-0.4, -0.2) is 16.0 Å². The van der Waals surface area contributed by atoms with Gasteiger partial charge < -0.3 is 10.7 Å². The Kier molecular flexibility index (Phi) is 3.94. The topological polar surface area (TPSA) is 54.7 Å². The van der Waals surface area contributed by atoms with Gasteiger partial charge >= 0.3 is 0 Å². The Morgan fingerprint density at radius 3 is 2.57 bits per heavy atom. The van der Waals surface area contributed by atoms with E-state index in [9.17, 15) is 4.39 Å². The number of nitrogens with zero attached hydrogens (tertiary/aromatic N) is 1. The molecule has 0 aliphatic carbocycles. The minimum atomic E-state index is -0.233. The van der Waals surface area contributed by atoms with Crippen LogP contribution in [0.15, 0.2) is 53.7 Å². The Morgan fingerprint density at radius 2 is 1.86 bits per heavy atom. The summed E-state index contributed by atoms with van der Waals surface area (Å²) in [6.07, 6.45) is 0. The second-order valence-corrected chi connectivity index (χ2v) is 6.11. The molecule has 0 radical (unpaired) electrons. The zero-order valence-electron chi connectivity index (χ0n) is 11.6. The third-order valence-electron chi connectivity index (χ3n) is 3.30. The molecule has 21 heavy (non-hydrogen) atoms. The lowest BCUT2D eigenvalue weighted by Crippen LogP contribution is -2.23. The molecule has 0 fully saturated rings. The average Bonchev–Trinajstić information content (AvgIpc) is 2.88. The second-order valence-electron chi connectivity index (χ2n) is 4.98. The van der Waals surface area contributed by atoms with Gasteiger partial charge in [0.05, 0.1) is 16.3 Å². The van der Waals surface area contributed by atoms with Crippen LogP contribution >= 0.6 is 11.8 Å². The molecule has 2 aromatic carbocycles. The number of nitrogens with one attached hydrogen (secondary N) is 1. The van der Waals surface area contributed by atoms with E-state index >= 15 is 0 Å². The average molecular weight is 301 g/mol. The molecular formula is C16H16FN3S. The molecule has 3 nitrogen and oxygen atoms in total. The molecule has 0 saturated carbocycles. The molecule has 0 aliphatic heterocycles. The number of hydrogen-bond acceptors (Lipinski definition) is 3. The van der Waals surface area contributed by atoms with Gasteiger partial charge in [-0.25, -0.2) is 9.37 Å². The van der Waals surface area contributed by atoms with Crippen molar-refractivity contribution in [1.82, 2.24) is 9.97 Å². The molecule has 1 heterocycles. The van der Waals surface area contributed by atoms with Crippen molar-refractivity contribution in [3.05, 3.63) is 59.9 Å². The van der Waals surface area contributed by atoms with Crippen molar-refractivity contribution in [2.75, 3.05) is 0 Å². The maximum absolute atomic E-state index is 14.0. The van der Waals surface area contributed by atoms with E-state index in [1.807, 2.05) is 37.3 Å². The van der Waals surface area contributed by atoms with Crippen LogP contribution in [0.2, 0.25) is 0 Å². The number of nitrogens with two attached hydrogens (primary N) is 1. The van der Waals surface area contributed by atoms with Crippen molar-refractivity contribution in [3.63, 3.8) is 0 Å². The van der Waals surface area contributed by atoms with Crippen LogP contribution in [0.3, 0.4) is 0 Å². The largest absolute Gasteiger partial charge is 0.333 e. The van der Waals surface area contributed by atoms with Crippen molar-refractivity contribution >= 4 is 22.8 Å². The Labute approximate surface area is 126 Å². The van der Waals surface area contributed by atoms with Crippen LogP contribution in [0.1, 0.15) is 17.7 Å². The fourth-order valence-electron chi connectivity index (χ4n) is 2.27. The summed E-state index contributed by atoms with van der Waals surface area (Å²) in [5, 5.41) is 0.563. The molecule has 0 aliphatic rings. The van der Waals surface area contributed by atoms with Gasteiger partial charge in [-0.2, -0.15) is 0 Å². The molecule has 2 atom stereocenters. The van der Waals surface area contributed by atoms with E-state index in [-0.39, 0.29) is 17.1 Å². The lowest BCUT2D eigenvalue weighted by Gasteiger charge is -2.20. The summed E-state index contributed by atoms with van der Waals surface area (Å²) in [6.45, 7) is 1.88. The minimum Gasteiger partial charge on any atom is -0.333 e. The number of halogens is 1. The number of aromatic amines is 1. The van der Waals surface area contributed by atoms with Gasteiger partial charge in [-0.05, 0) is 25.1 Å². The zero-order valence-corrected chi connectivity index (χ0v) is 12.4. The summed E-state index contributed by atoms with van der Waals surface area (Å²) in [5.74, 6) is -0.233. The molecule has 5 heteroatoms. The van der Waals surface area contributed by atoms with Crippen LogP contribution in [-0.2, 0) is 0 Å². The number of thioether (sulfide) groups is 1. The number of hydrogen-bond donors (Lipinski definition) is 2. The molecule has 1 aromatic heterocycles. The van der Waals surface area contributed by atoms with E-state index < -0.39 is 0 Å². The third-order valence-corrected chi connectivity index (χ3v) is 4.65. The van der Waals surface area contributed by atoms with Crippen molar-refractivity contribution < 1.29 is 4.39 Å². The van der Waals surface area contributed by atoms with E-state index in [0.29, 0.717) is 5.56 Å². The molecule has 3 rings (SSSR count). The molecule has 0 bridgehead atoms. The van der Waals surface area contributed by atoms with E-state index in [4.69, 9.17) is 5.73 Å². The minimum absolute atomic E-state index is 0.188. The molecule has 0 saturated heterocycles. The quantitative estimate of drug-likeness (QED) is 0.719. The number of benzene rings is 2. The van der Waals surface area contributed by atoms with Crippen molar-refractivity contribution in [2.24, 2.45) is 5.73 Å². The fraction of sp³-hybridized carbons (Fsp3) is 0.188. The summed E-state index contributed by atoms with van der Waals surface area (Å²) in [4.78, 5) is 7.76. The normalized spacial score (nSPS) is 14.2. The Hall–Kier alpha value is -1.85. The van der Waals surface area contributed by atoms with Gasteiger partial charge in [-0.3, -0.25) is 0 Å². The SMILES string of the molecule is CC(N)C(Sc1nc2ccccc2[nH]1)c1ccccc1F. The Morgan fingerprint density at radius 1 is 1.14 bits per heavy atom. The first-order valence-corrected chi connectivity index (χ1v) is 7.64. The number of fused-ring (bicyclic) bond motifs is 1. The van der Waals surface area contributed by atoms with Crippen LogP contribution in [0.4, 0.5) is 4.39 Å². The highest BCUT2D eigenvalue weighted by Crippen LogP contribution is 2.37. The number of aromatic nitrogens is 2. The highest BCUT2D eigenvalue weighted by atomic mass is 32.2. The van der Waals surface area contributed by atoms with E-state index in [1.54, 1.807) is 12.1 Å². The Balaban J connectivity index is 1.94. The van der Waals surface area contributed by atoms with Crippen LogP contribution < -0.4 is 5.73 Å². The first-order chi connectivity index (χ1) is 10.1. The number of H-pyrrole nitrogens is 1. The summed E-state index contributed by atoms with van der Waals surface area (Å²) in [5.41, 5.74) is 8.53. The van der Waals surface area contributed by atoms with Crippen LogP contribution in [0.5, 0.6) is 0 Å². The third kappa shape index (κ3) is 2.94. The molecule has 2 unspecified atom stereocenters. The number of imidazole rings is 1. The van der Waals surface area contributed by atoms with Gasteiger partial charge in [-0.15, -0.1) is 0 Å². The summed E-state index contributed by atoms with van der Waals surface area (Å²) >= 11 is 1.46. The van der Waals surface area contributed by atoms with Gasteiger partial charge in [0, 0.05) is 11.6 Å². The highest BCUT2D eigenvalue weighted by Gasteiger charge is 2.22. The standard InChI is InChI=1S/C16H16FN3S/c1-10(18)15(11-6-2-3-7-12(11)17)21-16-19-13-8-4-5-9-14(13)20-16/h2-10,15H,18H2,1H3,(H,19,20). The number of para-hydroxylation sites is 2. The van der Waals surface area contributed by atoms with Crippen molar-refractivity contribution in [3.8, 4) is 0 Å². The van der Waals surface area contributed by atoms with Gasteiger partial charge in [0.2, 0.25) is 0 Å². The van der Waals surface area contributed by atoms with Crippen LogP contribution in [0, 0.1) is 5.82 Å². The maximum Gasteiger partial charge on any atom is 0.167 e. The maximum atomic E-state index is 14.0. The number of rotatable bonds is 4. The highest BCUT2D eigenvalue weighted by molar-refractivity contribution is 7.99. The zero-order chi connectivity index (χ0) is 14.8. The van der Waals surface area contributed by atoms with Gasteiger partial charge in [-0.1, -0.05) is 42.1 Å². The van der Waals surface area contributed by atoms with Gasteiger partial charge in [0.25, 0.3) is 0 Å². The monoisotopic (exact) mass is 301 g/mol. The van der Waals surface area contributed by atoms with Gasteiger partial charge in [0.15, 0.2) is 5.16 Å².